The fourth-order valence-corrected chi connectivity index (χ4v) is 5.68. The fourth-order valence-electron chi connectivity index (χ4n) is 5.41. The number of ether oxygens (including phenoxy) is 2. The van der Waals surface area contributed by atoms with Gasteiger partial charge in [-0.2, -0.15) is 0 Å². The summed E-state index contributed by atoms with van der Waals surface area (Å²) in [7, 11) is 0. The lowest BCUT2D eigenvalue weighted by atomic mass is 9.78. The van der Waals surface area contributed by atoms with Crippen molar-refractivity contribution in [2.75, 3.05) is 11.9 Å². The zero-order valence-electron chi connectivity index (χ0n) is 19.9. The van der Waals surface area contributed by atoms with Gasteiger partial charge in [-0.3, -0.25) is 20.2 Å². The van der Waals surface area contributed by atoms with Gasteiger partial charge >= 0.3 is 0 Å². The lowest BCUT2D eigenvalue weighted by molar-refractivity contribution is -0.532. The maximum atomic E-state index is 13.2. The van der Waals surface area contributed by atoms with Crippen molar-refractivity contribution >= 4 is 27.5 Å². The molecule has 1 amide bonds. The van der Waals surface area contributed by atoms with Crippen LogP contribution >= 0.6 is 15.9 Å². The maximum Gasteiger partial charge on any atom is 0.256 e. The van der Waals surface area contributed by atoms with Crippen LogP contribution in [0.4, 0.5) is 5.69 Å². The highest BCUT2D eigenvalue weighted by molar-refractivity contribution is 9.10. The van der Waals surface area contributed by atoms with Crippen LogP contribution in [0.15, 0.2) is 71.2 Å². The van der Waals surface area contributed by atoms with E-state index in [2.05, 4.69) is 26.6 Å². The summed E-state index contributed by atoms with van der Waals surface area (Å²) in [5.41, 5.74) is 1.46. The largest absolute Gasteiger partial charge is 0.490 e. The average molecular weight is 552 g/mol. The van der Waals surface area contributed by atoms with E-state index < -0.39 is 23.4 Å². The molecule has 4 atom stereocenters. The summed E-state index contributed by atoms with van der Waals surface area (Å²) in [5.74, 6) is 0.0907. The first kappa shape index (κ1) is 24.3. The van der Waals surface area contributed by atoms with E-state index in [-0.39, 0.29) is 11.0 Å². The number of anilines is 1. The number of para-hydroxylation sites is 1. The van der Waals surface area contributed by atoms with Gasteiger partial charge in [0.15, 0.2) is 17.0 Å². The quantitative estimate of drug-likeness (QED) is 0.316. The summed E-state index contributed by atoms with van der Waals surface area (Å²) in [5, 5.41) is 18.7. The molecule has 8 nitrogen and oxygen atoms in total. The molecule has 3 aromatic rings. The maximum absolute atomic E-state index is 13.2. The van der Waals surface area contributed by atoms with E-state index in [1.165, 1.54) is 0 Å². The molecule has 3 aromatic carbocycles. The molecule has 0 aliphatic carbocycles. The Kier molecular flexibility index (Phi) is 6.44. The van der Waals surface area contributed by atoms with E-state index in [9.17, 15) is 14.9 Å². The molecule has 2 aliphatic heterocycles. The number of halogens is 1. The van der Waals surface area contributed by atoms with Gasteiger partial charge < -0.3 is 14.8 Å². The molecule has 0 bridgehead atoms. The summed E-state index contributed by atoms with van der Waals surface area (Å²) in [6.07, 6.45) is 0. The van der Waals surface area contributed by atoms with Crippen LogP contribution in [-0.2, 0) is 16.9 Å². The molecule has 1 saturated heterocycles. The van der Waals surface area contributed by atoms with Crippen molar-refractivity contribution < 1.29 is 19.2 Å². The number of amides is 1. The first-order chi connectivity index (χ1) is 17.3. The minimum absolute atomic E-state index is 0.332. The highest BCUT2D eigenvalue weighted by atomic mass is 79.9. The second-order valence-corrected chi connectivity index (χ2v) is 9.97. The Morgan fingerprint density at radius 2 is 1.81 bits per heavy atom. The molecule has 5 rings (SSSR count). The Morgan fingerprint density at radius 3 is 2.53 bits per heavy atom. The average Bonchev–Trinajstić information content (AvgIpc) is 3.33. The predicted octanol–water partition coefficient (Wildman–Crippen LogP) is 5.00. The van der Waals surface area contributed by atoms with Crippen molar-refractivity contribution in [2.45, 2.75) is 44.0 Å². The number of carbonyl (C=O) groups excluding carboxylic acids is 1. The van der Waals surface area contributed by atoms with Crippen LogP contribution in [0.2, 0.25) is 0 Å². The van der Waals surface area contributed by atoms with Gasteiger partial charge in [0, 0.05) is 26.7 Å². The number of hydrogen-bond donors (Lipinski definition) is 2. The van der Waals surface area contributed by atoms with E-state index in [0.29, 0.717) is 41.5 Å². The van der Waals surface area contributed by atoms with Crippen LogP contribution in [0.25, 0.3) is 0 Å². The van der Waals surface area contributed by atoms with Gasteiger partial charge in [-0.05, 0) is 55.3 Å². The molecule has 0 radical (unpaired) electrons. The van der Waals surface area contributed by atoms with Crippen molar-refractivity contribution in [2.24, 2.45) is 0 Å². The molecule has 9 heteroatoms. The predicted molar refractivity (Wildman–Crippen MR) is 139 cm³/mol. The third-order valence-corrected chi connectivity index (χ3v) is 7.45. The fraction of sp³-hybridized carbons (Fsp3) is 0.296. The summed E-state index contributed by atoms with van der Waals surface area (Å²) < 4.78 is 12.9. The summed E-state index contributed by atoms with van der Waals surface area (Å²) in [4.78, 5) is 25.4. The third kappa shape index (κ3) is 4.02. The smallest absolute Gasteiger partial charge is 0.256 e. The topological polar surface area (TPSA) is 103 Å². The van der Waals surface area contributed by atoms with Gasteiger partial charge in [-0.1, -0.05) is 52.3 Å². The number of benzene rings is 3. The van der Waals surface area contributed by atoms with Crippen molar-refractivity contribution in [1.29, 1.82) is 0 Å². The molecular weight excluding hydrogens is 526 g/mol. The number of rotatable bonds is 7. The molecular formula is C27H26BrN3O5. The first-order valence-electron chi connectivity index (χ1n) is 11.8. The van der Waals surface area contributed by atoms with Crippen LogP contribution in [0.3, 0.4) is 0 Å². The number of hydrogen-bond acceptors (Lipinski definition) is 6. The van der Waals surface area contributed by atoms with Crippen LogP contribution in [0.5, 0.6) is 11.5 Å². The molecule has 36 heavy (non-hydrogen) atoms. The monoisotopic (exact) mass is 551 g/mol. The Morgan fingerprint density at radius 1 is 1.06 bits per heavy atom. The van der Waals surface area contributed by atoms with Crippen LogP contribution in [-0.4, -0.2) is 29.5 Å². The van der Waals surface area contributed by atoms with Gasteiger partial charge in [-0.25, -0.2) is 0 Å². The number of nitrogens with zero attached hydrogens (tertiary/aromatic N) is 1. The summed E-state index contributed by atoms with van der Waals surface area (Å²) in [6.45, 7) is 4.52. The number of fused-ring (bicyclic) bond motifs is 2. The molecule has 186 valence electrons. The van der Waals surface area contributed by atoms with Gasteiger partial charge in [-0.15, -0.1) is 0 Å². The Hall–Kier alpha value is -3.43. The van der Waals surface area contributed by atoms with Crippen molar-refractivity contribution in [3.8, 4) is 11.5 Å². The SMILES string of the molecule is CCOc1cc([C@@H]2[C@H](C)N[C@@]3(C(=O)Nc4ccccc43)[C@@H]2[N+](=O)[O-])ccc1OCc1ccc(Br)cc1. The zero-order valence-corrected chi connectivity index (χ0v) is 21.4. The summed E-state index contributed by atoms with van der Waals surface area (Å²) >= 11 is 3.43. The highest BCUT2D eigenvalue weighted by Gasteiger charge is 2.67. The van der Waals surface area contributed by atoms with Gasteiger partial charge in [0.05, 0.1) is 12.5 Å². The Labute approximate surface area is 217 Å². The van der Waals surface area contributed by atoms with Crippen molar-refractivity contribution in [3.05, 3.63) is 98.0 Å². The third-order valence-electron chi connectivity index (χ3n) is 6.92. The highest BCUT2D eigenvalue weighted by Crippen LogP contribution is 2.50. The van der Waals surface area contributed by atoms with Gasteiger partial charge in [0.1, 0.15) is 6.61 Å². The minimum Gasteiger partial charge on any atom is -0.490 e. The molecule has 0 aromatic heterocycles. The lowest BCUT2D eigenvalue weighted by Gasteiger charge is -2.25. The van der Waals surface area contributed by atoms with E-state index in [1.807, 2.05) is 44.2 Å². The zero-order chi connectivity index (χ0) is 25.4. The van der Waals surface area contributed by atoms with E-state index in [1.54, 1.807) is 36.4 Å². The van der Waals surface area contributed by atoms with E-state index in [4.69, 9.17) is 9.47 Å². The molecule has 0 saturated carbocycles. The first-order valence-corrected chi connectivity index (χ1v) is 12.6. The number of nitro groups is 1. The van der Waals surface area contributed by atoms with Crippen LogP contribution in [0, 0.1) is 10.1 Å². The normalized spacial score (nSPS) is 24.4. The van der Waals surface area contributed by atoms with Crippen LogP contribution < -0.4 is 20.1 Å². The minimum atomic E-state index is -1.45. The number of nitrogens with one attached hydrogen (secondary N) is 2. The molecule has 2 aliphatic rings. The second-order valence-electron chi connectivity index (χ2n) is 9.05. The van der Waals surface area contributed by atoms with Gasteiger partial charge in [0.2, 0.25) is 0 Å². The Balaban J connectivity index is 1.50. The molecule has 0 unspecified atom stereocenters. The lowest BCUT2D eigenvalue weighted by Crippen LogP contribution is -2.54. The molecule has 2 heterocycles. The Bertz CT molecular complexity index is 1320. The van der Waals surface area contributed by atoms with E-state index >= 15 is 0 Å². The molecule has 1 fully saturated rings. The summed E-state index contributed by atoms with van der Waals surface area (Å²) in [6, 6.07) is 18.8. The van der Waals surface area contributed by atoms with E-state index in [0.717, 1.165) is 10.0 Å². The van der Waals surface area contributed by atoms with Gasteiger partial charge in [0.25, 0.3) is 11.9 Å². The van der Waals surface area contributed by atoms with Crippen molar-refractivity contribution in [1.82, 2.24) is 5.32 Å². The molecule has 1 spiro atoms. The molecule has 2 N–H and O–H groups in total. The number of carbonyl (C=O) groups is 1. The van der Waals surface area contributed by atoms with Crippen molar-refractivity contribution in [3.63, 3.8) is 0 Å². The van der Waals surface area contributed by atoms with Crippen LogP contribution in [0.1, 0.15) is 36.5 Å². The standard InChI is InChI=1S/C27H26BrN3O5/c1-3-35-23-14-18(10-13-22(23)36-15-17-8-11-19(28)12-9-17)24-16(2)30-27(25(24)31(33)34)20-6-4-5-7-21(20)29-26(27)32/h4-14,16,24-25,30H,3,15H2,1-2H3,(H,29,32)/t16-,24-,25+,27+/m0/s1. The second kappa shape index (κ2) is 9.55.